The summed E-state index contributed by atoms with van der Waals surface area (Å²) in [5, 5.41) is 7.12. The van der Waals surface area contributed by atoms with E-state index in [9.17, 15) is 22.8 Å². The fourth-order valence-corrected chi connectivity index (χ4v) is 5.29. The fraction of sp³-hybridized carbons (Fsp3) is 0.435. The number of carboxylic acid groups (broad SMARTS) is 1. The van der Waals surface area contributed by atoms with Gasteiger partial charge < -0.3 is 14.9 Å². The highest BCUT2D eigenvalue weighted by molar-refractivity contribution is 7.11. The first-order valence-electron chi connectivity index (χ1n) is 10.6. The molecule has 2 saturated heterocycles. The molecule has 2 aliphatic rings. The molecule has 0 radical (unpaired) electrons. The summed E-state index contributed by atoms with van der Waals surface area (Å²) in [7, 11) is 0. The van der Waals surface area contributed by atoms with Gasteiger partial charge in [-0.3, -0.25) is 14.5 Å². The number of aliphatic carboxylic acids is 1. The zero-order valence-corrected chi connectivity index (χ0v) is 19.7. The summed E-state index contributed by atoms with van der Waals surface area (Å²) >= 11 is 1.83. The van der Waals surface area contributed by atoms with Gasteiger partial charge in [0.1, 0.15) is 6.54 Å². The Morgan fingerprint density at radius 2 is 1.76 bits per heavy atom. The van der Waals surface area contributed by atoms with Crippen molar-refractivity contribution in [3.8, 4) is 0 Å². The van der Waals surface area contributed by atoms with E-state index in [4.69, 9.17) is 9.90 Å². The number of para-hydroxylation sites is 1. The van der Waals surface area contributed by atoms with Crippen LogP contribution in [0.1, 0.15) is 23.1 Å². The molecule has 1 aromatic heterocycles. The molecular formula is C23H26F3N3O4S. The number of aryl methyl sites for hydroxylation is 1. The molecule has 2 aromatic rings. The number of carbonyl (C=O) groups is 3. The first-order chi connectivity index (χ1) is 15.9. The lowest BCUT2D eigenvalue weighted by Gasteiger charge is -2.48. The second-order valence-electron chi connectivity index (χ2n) is 8.42. The van der Waals surface area contributed by atoms with Gasteiger partial charge in [0.25, 0.3) is 0 Å². The number of hydrogen-bond donors (Lipinski definition) is 1. The van der Waals surface area contributed by atoms with Crippen LogP contribution in [-0.4, -0.2) is 70.6 Å². The number of rotatable bonds is 3. The maximum atomic E-state index is 12.7. The number of halogens is 3. The minimum Gasteiger partial charge on any atom is -0.475 e. The molecule has 0 bridgehead atoms. The Balaban J connectivity index is 0.000000406. The first kappa shape index (κ1) is 25.7. The van der Waals surface area contributed by atoms with Crippen molar-refractivity contribution >= 4 is 34.8 Å². The molecule has 184 valence electrons. The molecule has 1 unspecified atom stereocenters. The fourth-order valence-electron chi connectivity index (χ4n) is 4.36. The number of carbonyl (C=O) groups excluding carboxylic acids is 2. The van der Waals surface area contributed by atoms with Gasteiger partial charge in [0.15, 0.2) is 0 Å². The van der Waals surface area contributed by atoms with Gasteiger partial charge in [-0.2, -0.15) is 13.2 Å². The Bertz CT molecular complexity index is 1040. The highest BCUT2D eigenvalue weighted by atomic mass is 32.1. The first-order valence-corrected chi connectivity index (χ1v) is 11.4. The van der Waals surface area contributed by atoms with E-state index in [0.29, 0.717) is 6.54 Å². The number of alkyl halides is 3. The summed E-state index contributed by atoms with van der Waals surface area (Å²) in [6.07, 6.45) is -4.19. The molecule has 0 saturated carbocycles. The second kappa shape index (κ2) is 10.1. The molecule has 1 spiro atoms. The normalized spacial score (nSPS) is 20.9. The highest BCUT2D eigenvalue weighted by Crippen LogP contribution is 2.35. The van der Waals surface area contributed by atoms with Crippen LogP contribution in [0.3, 0.4) is 0 Å². The monoisotopic (exact) mass is 497 g/mol. The molecule has 4 rings (SSSR count). The van der Waals surface area contributed by atoms with E-state index in [-0.39, 0.29) is 23.9 Å². The van der Waals surface area contributed by atoms with Crippen LogP contribution >= 0.6 is 11.3 Å². The van der Waals surface area contributed by atoms with Crippen LogP contribution in [0.25, 0.3) is 0 Å². The SMILES string of the molecule is CC(=O)N1CC(=O)N(c2ccccc2)CC12CCN(Cc1ccc(C)s1)C2.O=C(O)C(F)(F)F. The van der Waals surface area contributed by atoms with Crippen LogP contribution in [0.5, 0.6) is 0 Å². The maximum absolute atomic E-state index is 12.7. The van der Waals surface area contributed by atoms with Crippen LogP contribution in [0.2, 0.25) is 0 Å². The molecule has 2 aliphatic heterocycles. The topological polar surface area (TPSA) is 81.2 Å². The van der Waals surface area contributed by atoms with Crippen molar-refractivity contribution in [2.24, 2.45) is 0 Å². The molecule has 0 aliphatic carbocycles. The number of piperazine rings is 1. The molecule has 7 nitrogen and oxygen atoms in total. The Hall–Kier alpha value is -2.92. The van der Waals surface area contributed by atoms with E-state index in [0.717, 1.165) is 31.7 Å². The van der Waals surface area contributed by atoms with Crippen LogP contribution < -0.4 is 4.90 Å². The molecule has 1 N–H and O–H groups in total. The number of thiophene rings is 1. The summed E-state index contributed by atoms with van der Waals surface area (Å²) in [6.45, 7) is 7.09. The summed E-state index contributed by atoms with van der Waals surface area (Å²) in [4.78, 5) is 42.8. The van der Waals surface area contributed by atoms with Gasteiger partial charge in [-0.05, 0) is 37.6 Å². The minimum absolute atomic E-state index is 0.00523. The molecule has 3 heterocycles. The molecule has 1 atom stereocenters. The third-order valence-electron chi connectivity index (χ3n) is 5.90. The molecule has 2 amide bonds. The predicted molar refractivity (Wildman–Crippen MR) is 122 cm³/mol. The van der Waals surface area contributed by atoms with Gasteiger partial charge in [0.2, 0.25) is 11.8 Å². The quantitative estimate of drug-likeness (QED) is 0.702. The van der Waals surface area contributed by atoms with E-state index in [1.807, 2.05) is 51.5 Å². The maximum Gasteiger partial charge on any atom is 0.490 e. The van der Waals surface area contributed by atoms with Crippen LogP contribution in [0.4, 0.5) is 18.9 Å². The van der Waals surface area contributed by atoms with Crippen molar-refractivity contribution in [3.63, 3.8) is 0 Å². The summed E-state index contributed by atoms with van der Waals surface area (Å²) in [6, 6.07) is 14.1. The molecule has 11 heteroatoms. The van der Waals surface area contributed by atoms with Crippen LogP contribution in [0.15, 0.2) is 42.5 Å². The van der Waals surface area contributed by atoms with Gasteiger partial charge in [-0.15, -0.1) is 11.3 Å². The van der Waals surface area contributed by atoms with Crippen molar-refractivity contribution in [2.45, 2.75) is 38.5 Å². The lowest BCUT2D eigenvalue weighted by Crippen LogP contribution is -2.66. The zero-order chi connectivity index (χ0) is 25.1. The number of hydrogen-bond acceptors (Lipinski definition) is 5. The lowest BCUT2D eigenvalue weighted by atomic mass is 9.91. The second-order valence-corrected chi connectivity index (χ2v) is 9.79. The van der Waals surface area contributed by atoms with E-state index < -0.39 is 12.1 Å². The Labute approximate surface area is 199 Å². The molecule has 1 aromatic carbocycles. The van der Waals surface area contributed by atoms with Crippen molar-refractivity contribution < 1.29 is 32.7 Å². The Morgan fingerprint density at radius 3 is 2.29 bits per heavy atom. The van der Waals surface area contributed by atoms with Gasteiger partial charge in [-0.25, -0.2) is 4.79 Å². The number of anilines is 1. The van der Waals surface area contributed by atoms with Crippen LogP contribution in [0, 0.1) is 6.92 Å². The number of benzene rings is 1. The number of likely N-dealkylation sites (tertiary alicyclic amines) is 1. The van der Waals surface area contributed by atoms with E-state index in [1.165, 1.54) is 9.75 Å². The van der Waals surface area contributed by atoms with E-state index in [2.05, 4.69) is 24.0 Å². The van der Waals surface area contributed by atoms with E-state index in [1.54, 1.807) is 6.92 Å². The van der Waals surface area contributed by atoms with Crippen molar-refractivity contribution in [1.29, 1.82) is 0 Å². The van der Waals surface area contributed by atoms with Gasteiger partial charge in [-0.1, -0.05) is 18.2 Å². The minimum atomic E-state index is -5.08. The predicted octanol–water partition coefficient (Wildman–Crippen LogP) is 3.53. The van der Waals surface area contributed by atoms with Crippen molar-refractivity contribution in [3.05, 3.63) is 52.2 Å². The van der Waals surface area contributed by atoms with Gasteiger partial charge in [0, 0.05) is 42.0 Å². The smallest absolute Gasteiger partial charge is 0.475 e. The average Bonchev–Trinajstić information content (AvgIpc) is 3.36. The standard InChI is InChI=1S/C21H25N3O2S.C2HF3O2/c1-16-8-9-19(27-16)12-22-11-10-21(14-22)15-23(18-6-4-3-5-7-18)20(26)13-24(21)17(2)25;3-2(4,5)1(6)7/h3-9H,10-15H2,1-2H3;(H,6,7). The van der Waals surface area contributed by atoms with Crippen molar-refractivity contribution in [2.75, 3.05) is 31.1 Å². The molecule has 2 fully saturated rings. The highest BCUT2D eigenvalue weighted by Gasteiger charge is 2.50. The summed E-state index contributed by atoms with van der Waals surface area (Å²) < 4.78 is 31.7. The number of nitrogens with zero attached hydrogens (tertiary/aromatic N) is 3. The zero-order valence-electron chi connectivity index (χ0n) is 18.8. The van der Waals surface area contributed by atoms with E-state index >= 15 is 0 Å². The van der Waals surface area contributed by atoms with Gasteiger partial charge in [0.05, 0.1) is 12.1 Å². The van der Waals surface area contributed by atoms with Gasteiger partial charge >= 0.3 is 12.1 Å². The summed E-state index contributed by atoms with van der Waals surface area (Å²) in [5.74, 6) is -2.77. The largest absolute Gasteiger partial charge is 0.490 e. The Kier molecular flexibility index (Phi) is 7.67. The van der Waals surface area contributed by atoms with Crippen molar-refractivity contribution in [1.82, 2.24) is 9.80 Å². The average molecular weight is 498 g/mol. The number of carboxylic acids is 1. The molecule has 34 heavy (non-hydrogen) atoms. The molecular weight excluding hydrogens is 471 g/mol. The number of amides is 2. The Morgan fingerprint density at radius 1 is 1.12 bits per heavy atom. The third-order valence-corrected chi connectivity index (χ3v) is 6.88. The lowest BCUT2D eigenvalue weighted by molar-refractivity contribution is -0.192. The summed E-state index contributed by atoms with van der Waals surface area (Å²) in [5.41, 5.74) is 0.611. The van der Waals surface area contributed by atoms with Crippen LogP contribution in [-0.2, 0) is 20.9 Å². The third kappa shape index (κ3) is 5.95.